The Labute approximate surface area is 120 Å². The van der Waals surface area contributed by atoms with E-state index < -0.39 is 12.1 Å². The highest BCUT2D eigenvalue weighted by Crippen LogP contribution is 2.35. The molecule has 0 fully saturated rings. The van der Waals surface area contributed by atoms with E-state index in [-0.39, 0.29) is 6.42 Å². The van der Waals surface area contributed by atoms with Crippen LogP contribution in [0.2, 0.25) is 0 Å². The Balaban J connectivity index is 1.63. The number of hydrogen-bond acceptors (Lipinski definition) is 6. The topological polar surface area (TPSA) is 94.7 Å². The molecule has 2 aromatic rings. The molecule has 0 radical (unpaired) electrons. The zero-order valence-electron chi connectivity index (χ0n) is 11.2. The molecule has 1 N–H and O–H groups in total. The van der Waals surface area contributed by atoms with Gasteiger partial charge in [0.25, 0.3) is 5.89 Å². The largest absolute Gasteiger partial charge is 0.485 e. The van der Waals surface area contributed by atoms with E-state index in [1.54, 1.807) is 0 Å². The van der Waals surface area contributed by atoms with Gasteiger partial charge in [-0.25, -0.2) is 0 Å². The highest BCUT2D eigenvalue weighted by Gasteiger charge is 2.27. The maximum Gasteiger partial charge on any atom is 0.303 e. The summed E-state index contributed by atoms with van der Waals surface area (Å²) >= 11 is 0. The molecule has 0 aliphatic carbocycles. The summed E-state index contributed by atoms with van der Waals surface area (Å²) in [4.78, 5) is 10.5. The summed E-state index contributed by atoms with van der Waals surface area (Å²) in [5.41, 5.74) is 0. The second-order valence-electron chi connectivity index (χ2n) is 4.65. The van der Waals surface area contributed by atoms with Gasteiger partial charge in [0.2, 0.25) is 12.0 Å². The minimum Gasteiger partial charge on any atom is -0.485 e. The lowest BCUT2D eigenvalue weighted by Gasteiger charge is -2.23. The predicted octanol–water partition coefficient (Wildman–Crippen LogP) is 1.99. The Kier molecular flexibility index (Phi) is 3.72. The van der Waals surface area contributed by atoms with E-state index in [4.69, 9.17) is 19.0 Å². The summed E-state index contributed by atoms with van der Waals surface area (Å²) in [6, 6.07) is 7.37. The number of carbonyl (C=O) groups is 1. The third kappa shape index (κ3) is 3.13. The highest BCUT2D eigenvalue weighted by atomic mass is 16.6. The Morgan fingerprint density at radius 1 is 1.29 bits per heavy atom. The number of fused-ring (bicyclic) bond motifs is 1. The number of aromatic nitrogens is 2. The van der Waals surface area contributed by atoms with Gasteiger partial charge in [0.15, 0.2) is 11.5 Å². The van der Waals surface area contributed by atoms with Gasteiger partial charge in [-0.05, 0) is 18.6 Å². The van der Waals surface area contributed by atoms with Crippen molar-refractivity contribution in [1.82, 2.24) is 10.2 Å². The van der Waals surface area contributed by atoms with Crippen molar-refractivity contribution in [2.45, 2.75) is 25.4 Å². The Morgan fingerprint density at radius 2 is 2.10 bits per heavy atom. The smallest absolute Gasteiger partial charge is 0.303 e. The summed E-state index contributed by atoms with van der Waals surface area (Å²) in [7, 11) is 0. The van der Waals surface area contributed by atoms with Gasteiger partial charge in [-0.2, -0.15) is 0 Å². The van der Waals surface area contributed by atoms with Crippen molar-refractivity contribution in [2.75, 3.05) is 6.61 Å². The molecule has 3 rings (SSSR count). The molecule has 1 aromatic heterocycles. The first-order chi connectivity index (χ1) is 10.2. The Morgan fingerprint density at radius 3 is 2.90 bits per heavy atom. The first kappa shape index (κ1) is 13.4. The highest BCUT2D eigenvalue weighted by molar-refractivity contribution is 5.66. The molecular weight excluding hydrogens is 276 g/mol. The summed E-state index contributed by atoms with van der Waals surface area (Å²) < 4.78 is 16.8. The molecule has 110 valence electrons. The fourth-order valence-corrected chi connectivity index (χ4v) is 2.03. The van der Waals surface area contributed by atoms with E-state index in [2.05, 4.69) is 10.2 Å². The lowest BCUT2D eigenvalue weighted by Crippen LogP contribution is -2.21. The number of carboxylic acids is 1. The van der Waals surface area contributed by atoms with Crippen molar-refractivity contribution >= 4 is 5.97 Å². The van der Waals surface area contributed by atoms with E-state index in [0.717, 1.165) is 0 Å². The zero-order valence-corrected chi connectivity index (χ0v) is 11.2. The molecule has 1 unspecified atom stereocenters. The number of aryl methyl sites for hydroxylation is 1. The van der Waals surface area contributed by atoms with Crippen LogP contribution in [0, 0.1) is 0 Å². The number of para-hydroxylation sites is 2. The van der Waals surface area contributed by atoms with Gasteiger partial charge in [-0.15, -0.1) is 10.2 Å². The van der Waals surface area contributed by atoms with Gasteiger partial charge in [-0.1, -0.05) is 12.1 Å². The second kappa shape index (κ2) is 5.82. The molecule has 0 saturated heterocycles. The van der Waals surface area contributed by atoms with E-state index >= 15 is 0 Å². The molecule has 1 aliphatic heterocycles. The molecule has 0 amide bonds. The third-order valence-electron chi connectivity index (χ3n) is 3.05. The quantitative estimate of drug-likeness (QED) is 0.899. The SMILES string of the molecule is O=C(O)CCCc1nnc(C2COc3ccccc3O2)o1. The average molecular weight is 290 g/mol. The summed E-state index contributed by atoms with van der Waals surface area (Å²) in [6.07, 6.45) is 0.528. The van der Waals surface area contributed by atoms with Gasteiger partial charge in [0.1, 0.15) is 6.61 Å². The normalized spacial score (nSPS) is 16.7. The van der Waals surface area contributed by atoms with Crippen LogP contribution in [0.25, 0.3) is 0 Å². The molecule has 0 saturated carbocycles. The zero-order chi connectivity index (χ0) is 14.7. The lowest BCUT2D eigenvalue weighted by atomic mass is 10.2. The van der Waals surface area contributed by atoms with Crippen LogP contribution in [-0.4, -0.2) is 27.9 Å². The molecule has 0 bridgehead atoms. The van der Waals surface area contributed by atoms with Crippen LogP contribution < -0.4 is 9.47 Å². The molecule has 7 nitrogen and oxygen atoms in total. The van der Waals surface area contributed by atoms with Gasteiger partial charge in [0.05, 0.1) is 0 Å². The number of carboxylic acid groups (broad SMARTS) is 1. The van der Waals surface area contributed by atoms with Crippen LogP contribution in [0.4, 0.5) is 0 Å². The van der Waals surface area contributed by atoms with Gasteiger partial charge in [-0.3, -0.25) is 4.79 Å². The maximum absolute atomic E-state index is 10.5. The summed E-state index contributed by atoms with van der Waals surface area (Å²) in [5.74, 6) is 1.24. The van der Waals surface area contributed by atoms with Crippen molar-refractivity contribution in [3.63, 3.8) is 0 Å². The van der Waals surface area contributed by atoms with E-state index in [0.29, 0.717) is 42.7 Å². The molecule has 1 aliphatic rings. The third-order valence-corrected chi connectivity index (χ3v) is 3.05. The fourth-order valence-electron chi connectivity index (χ4n) is 2.03. The first-order valence-corrected chi connectivity index (χ1v) is 6.65. The molecule has 1 atom stereocenters. The van der Waals surface area contributed by atoms with Crippen LogP contribution in [0.3, 0.4) is 0 Å². The molecule has 2 heterocycles. The van der Waals surface area contributed by atoms with Crippen LogP contribution in [0.1, 0.15) is 30.7 Å². The Bertz CT molecular complexity index is 640. The van der Waals surface area contributed by atoms with E-state index in [1.165, 1.54) is 0 Å². The number of nitrogens with zero attached hydrogens (tertiary/aromatic N) is 2. The van der Waals surface area contributed by atoms with Gasteiger partial charge in [0, 0.05) is 12.8 Å². The molecule has 21 heavy (non-hydrogen) atoms. The number of benzene rings is 1. The van der Waals surface area contributed by atoms with Crippen molar-refractivity contribution in [1.29, 1.82) is 0 Å². The van der Waals surface area contributed by atoms with Crippen molar-refractivity contribution in [3.8, 4) is 11.5 Å². The van der Waals surface area contributed by atoms with Crippen molar-refractivity contribution in [3.05, 3.63) is 36.0 Å². The number of hydrogen-bond donors (Lipinski definition) is 1. The average Bonchev–Trinajstić information content (AvgIpc) is 2.95. The maximum atomic E-state index is 10.5. The fraction of sp³-hybridized carbons (Fsp3) is 0.357. The molecular formula is C14H14N2O5. The lowest BCUT2D eigenvalue weighted by molar-refractivity contribution is -0.137. The number of ether oxygens (including phenoxy) is 2. The molecule has 1 aromatic carbocycles. The van der Waals surface area contributed by atoms with Crippen LogP contribution in [-0.2, 0) is 11.2 Å². The Hall–Kier alpha value is -2.57. The van der Waals surface area contributed by atoms with E-state index in [1.807, 2.05) is 24.3 Å². The summed E-state index contributed by atoms with van der Waals surface area (Å²) in [6.45, 7) is 0.299. The number of aliphatic carboxylic acids is 1. The second-order valence-corrected chi connectivity index (χ2v) is 4.65. The van der Waals surface area contributed by atoms with Gasteiger partial charge >= 0.3 is 5.97 Å². The van der Waals surface area contributed by atoms with Crippen LogP contribution in [0.15, 0.2) is 28.7 Å². The monoisotopic (exact) mass is 290 g/mol. The minimum atomic E-state index is -0.838. The van der Waals surface area contributed by atoms with Gasteiger partial charge < -0.3 is 19.0 Å². The summed E-state index contributed by atoms with van der Waals surface area (Å²) in [5, 5.41) is 16.4. The molecule has 0 spiro atoms. The minimum absolute atomic E-state index is 0.0775. The predicted molar refractivity (Wildman–Crippen MR) is 70.2 cm³/mol. The first-order valence-electron chi connectivity index (χ1n) is 6.65. The number of rotatable bonds is 5. The van der Waals surface area contributed by atoms with Crippen LogP contribution >= 0.6 is 0 Å². The van der Waals surface area contributed by atoms with Crippen molar-refractivity contribution in [2.24, 2.45) is 0 Å². The van der Waals surface area contributed by atoms with E-state index in [9.17, 15) is 4.79 Å². The van der Waals surface area contributed by atoms with Crippen molar-refractivity contribution < 1.29 is 23.8 Å². The van der Waals surface area contributed by atoms with Crippen LogP contribution in [0.5, 0.6) is 11.5 Å². The molecule has 7 heteroatoms. The standard InChI is InChI=1S/C14H14N2O5/c17-13(18)7-3-6-12-15-16-14(21-12)11-8-19-9-4-1-2-5-10(9)20-11/h1-2,4-5,11H,3,6-8H2,(H,17,18).